The fraction of sp³-hybridized carbons (Fsp3) is 0.889. The van der Waals surface area contributed by atoms with Crippen LogP contribution in [0.4, 0.5) is 0 Å². The summed E-state index contributed by atoms with van der Waals surface area (Å²) in [6, 6.07) is 0. The number of carboxylic acid groups (broad SMARTS) is 1. The van der Waals surface area contributed by atoms with Crippen molar-refractivity contribution in [1.82, 2.24) is 4.90 Å². The van der Waals surface area contributed by atoms with Gasteiger partial charge < -0.3 is 19.5 Å². The molecule has 0 bridgehead atoms. The number of fused-ring (bicyclic) bond motifs is 7. The van der Waals surface area contributed by atoms with Gasteiger partial charge in [-0.1, -0.05) is 60.6 Å². The molecule has 6 rings (SSSR count). The number of nitrogens with zero attached hydrogens (tertiary/aromatic N) is 1. The summed E-state index contributed by atoms with van der Waals surface area (Å²) in [4.78, 5) is 40.9. The van der Waals surface area contributed by atoms with Crippen molar-refractivity contribution in [3.8, 4) is 0 Å². The number of ketones is 1. The first kappa shape index (κ1) is 39.9. The highest BCUT2D eigenvalue weighted by Gasteiger charge is 2.71. The summed E-state index contributed by atoms with van der Waals surface area (Å²) >= 11 is 0. The van der Waals surface area contributed by atoms with Crippen LogP contribution in [0.1, 0.15) is 152 Å². The Hall–Kier alpha value is -1.73. The summed E-state index contributed by atoms with van der Waals surface area (Å²) in [7, 11) is 2.15. The average Bonchev–Trinajstić information content (AvgIpc) is 3.40. The third-order valence-corrected chi connectivity index (χ3v) is 17.3. The first-order chi connectivity index (χ1) is 24.2. The summed E-state index contributed by atoms with van der Waals surface area (Å²) in [6.45, 7) is 25.8. The molecule has 0 radical (unpaired) electrons. The number of ether oxygens (including phenoxy) is 2. The van der Waals surface area contributed by atoms with E-state index in [1.807, 2.05) is 13.8 Å². The third-order valence-electron chi connectivity index (χ3n) is 17.3. The lowest BCUT2D eigenvalue weighted by atomic mass is 9.32. The molecule has 1 N–H and O–H groups in total. The van der Waals surface area contributed by atoms with Crippen molar-refractivity contribution in [3.63, 3.8) is 0 Å². The Kier molecular flexibility index (Phi) is 10.8. The Morgan fingerprint density at radius 3 is 2.31 bits per heavy atom. The van der Waals surface area contributed by atoms with E-state index in [0.29, 0.717) is 41.8 Å². The Morgan fingerprint density at radius 1 is 0.904 bits per heavy atom. The van der Waals surface area contributed by atoms with Crippen molar-refractivity contribution < 1.29 is 29.0 Å². The van der Waals surface area contributed by atoms with Gasteiger partial charge in [0.05, 0.1) is 25.6 Å². The molecule has 6 fully saturated rings. The highest BCUT2D eigenvalue weighted by molar-refractivity contribution is 5.79. The number of rotatable bonds is 11. The summed E-state index contributed by atoms with van der Waals surface area (Å²) in [6.07, 6.45) is 13.8. The van der Waals surface area contributed by atoms with Crippen LogP contribution in [-0.4, -0.2) is 66.7 Å². The molecule has 7 nitrogen and oxygen atoms in total. The van der Waals surface area contributed by atoms with Gasteiger partial charge in [-0.25, -0.2) is 0 Å². The van der Waals surface area contributed by atoms with Crippen molar-refractivity contribution in [2.75, 3.05) is 26.7 Å². The molecule has 0 spiro atoms. The van der Waals surface area contributed by atoms with E-state index in [-0.39, 0.29) is 58.1 Å². The van der Waals surface area contributed by atoms with E-state index in [4.69, 9.17) is 9.47 Å². The van der Waals surface area contributed by atoms with E-state index in [1.165, 1.54) is 37.7 Å². The van der Waals surface area contributed by atoms with Gasteiger partial charge >= 0.3 is 11.9 Å². The number of Topliss-reactive ketones (excluding diaryl/α,β-unsaturated/α-hetero) is 1. The van der Waals surface area contributed by atoms with Crippen LogP contribution in [0.5, 0.6) is 0 Å². The lowest BCUT2D eigenvalue weighted by molar-refractivity contribution is -0.250. The maximum Gasteiger partial charge on any atom is 0.306 e. The highest BCUT2D eigenvalue weighted by atomic mass is 16.5. The van der Waals surface area contributed by atoms with E-state index >= 15 is 0 Å². The van der Waals surface area contributed by atoms with Crippen LogP contribution < -0.4 is 0 Å². The Balaban J connectivity index is 1.19. The van der Waals surface area contributed by atoms with Gasteiger partial charge in [0.1, 0.15) is 11.9 Å². The highest BCUT2D eigenvalue weighted by Crippen LogP contribution is 2.78. The van der Waals surface area contributed by atoms with Crippen molar-refractivity contribution >= 4 is 17.7 Å². The zero-order valence-electron chi connectivity index (χ0n) is 34.4. The minimum Gasteiger partial charge on any atom is -0.481 e. The van der Waals surface area contributed by atoms with Gasteiger partial charge in [-0.3, -0.25) is 14.4 Å². The van der Waals surface area contributed by atoms with Crippen molar-refractivity contribution in [2.24, 2.45) is 62.1 Å². The van der Waals surface area contributed by atoms with E-state index in [1.54, 1.807) is 0 Å². The fourth-order valence-electron chi connectivity index (χ4n) is 14.7. The van der Waals surface area contributed by atoms with Crippen LogP contribution in [0.3, 0.4) is 0 Å². The third kappa shape index (κ3) is 6.87. The second-order valence-electron chi connectivity index (χ2n) is 21.3. The monoisotopic (exact) mass is 724 g/mol. The van der Waals surface area contributed by atoms with Gasteiger partial charge in [0.15, 0.2) is 0 Å². The lowest BCUT2D eigenvalue weighted by Crippen LogP contribution is -2.66. The largest absolute Gasteiger partial charge is 0.481 e. The molecule has 0 aromatic carbocycles. The van der Waals surface area contributed by atoms with E-state index < -0.39 is 11.4 Å². The van der Waals surface area contributed by atoms with E-state index in [2.05, 4.69) is 60.1 Å². The van der Waals surface area contributed by atoms with Crippen LogP contribution in [0.2, 0.25) is 0 Å². The first-order valence-corrected chi connectivity index (χ1v) is 21.1. The molecule has 1 aliphatic heterocycles. The number of carbonyl (C=O) groups excluding carboxylic acids is 2. The van der Waals surface area contributed by atoms with Gasteiger partial charge in [-0.15, -0.1) is 0 Å². The van der Waals surface area contributed by atoms with E-state index in [0.717, 1.165) is 64.6 Å². The van der Waals surface area contributed by atoms with Crippen molar-refractivity contribution in [2.45, 2.75) is 164 Å². The molecular formula is C45H73NO6. The summed E-state index contributed by atoms with van der Waals surface area (Å²) in [5, 5.41) is 9.35. The van der Waals surface area contributed by atoms with Crippen LogP contribution in [0, 0.1) is 62.1 Å². The summed E-state index contributed by atoms with van der Waals surface area (Å²) in [5.41, 5.74) is 1.22. The molecule has 1 heterocycles. The normalized spacial score (nSPS) is 43.0. The fourth-order valence-corrected chi connectivity index (χ4v) is 14.7. The van der Waals surface area contributed by atoms with Gasteiger partial charge in [-0.05, 0) is 141 Å². The predicted octanol–water partition coefficient (Wildman–Crippen LogP) is 9.52. The summed E-state index contributed by atoms with van der Waals surface area (Å²) < 4.78 is 12.3. The standard InChI is InChI=1S/C45H73NO6/c1-29(2)32-15-20-45(25-30(47)11-12-31-28-46(10)23-24-51-31)22-21-43(8)33(39(32)45)13-14-35-42(7)18-17-36(41(5,6)34(42)16-19-44(35,43)9)52-38(50)27-40(3,4)26-37(48)49/h31-36,39H,1,11-28H2,2-10H3,(H,48,49)/t31?,32-,33+,34-,35+,36-,39+,42-,43+,44+,45+/m0/s1. The number of esters is 1. The number of hydrogen-bond donors (Lipinski definition) is 1. The molecular weight excluding hydrogens is 650 g/mol. The topological polar surface area (TPSA) is 93.1 Å². The average molecular weight is 724 g/mol. The second-order valence-corrected chi connectivity index (χ2v) is 21.3. The zero-order chi connectivity index (χ0) is 38.1. The molecule has 1 unspecified atom stereocenters. The number of morpholine rings is 1. The molecule has 1 saturated heterocycles. The number of allylic oxidation sites excluding steroid dienone is 1. The SMILES string of the molecule is C=C(C)[C@@H]1CC[C@]2(CC(=O)CCC3CN(C)CCO3)CC[C@]3(C)[C@H](CC[C@@H]4[C@@]5(C)CC[C@H](OC(=O)CC(C)(C)CC(=O)O)C(C)(C)[C@@H]5CC[C@]43C)[C@@H]12. The smallest absolute Gasteiger partial charge is 0.306 e. The van der Waals surface area contributed by atoms with Crippen LogP contribution in [-0.2, 0) is 23.9 Å². The Bertz CT molecular complexity index is 1400. The van der Waals surface area contributed by atoms with Crippen LogP contribution in [0.25, 0.3) is 0 Å². The minimum atomic E-state index is -0.880. The van der Waals surface area contributed by atoms with Gasteiger partial charge in [0.25, 0.3) is 0 Å². The molecule has 294 valence electrons. The molecule has 0 aromatic rings. The predicted molar refractivity (Wildman–Crippen MR) is 206 cm³/mol. The number of aliphatic carboxylic acids is 1. The van der Waals surface area contributed by atoms with Crippen molar-refractivity contribution in [3.05, 3.63) is 12.2 Å². The Morgan fingerprint density at radius 2 is 1.63 bits per heavy atom. The number of hydrogen-bond acceptors (Lipinski definition) is 6. The number of carboxylic acids is 1. The molecule has 0 amide bonds. The number of likely N-dealkylation sites (N-methyl/N-ethyl adjacent to an activating group) is 1. The molecule has 5 saturated carbocycles. The molecule has 0 aromatic heterocycles. The summed E-state index contributed by atoms with van der Waals surface area (Å²) in [5.74, 6) is 2.02. The second kappa shape index (κ2) is 14.1. The van der Waals surface area contributed by atoms with Gasteiger partial charge in [0.2, 0.25) is 0 Å². The molecule has 52 heavy (non-hydrogen) atoms. The lowest BCUT2D eigenvalue weighted by Gasteiger charge is -2.73. The minimum absolute atomic E-state index is 0.0455. The van der Waals surface area contributed by atoms with E-state index in [9.17, 15) is 19.5 Å². The Labute approximate surface area is 315 Å². The van der Waals surface area contributed by atoms with Gasteiger partial charge in [0, 0.05) is 31.3 Å². The maximum atomic E-state index is 13.9. The zero-order valence-corrected chi connectivity index (χ0v) is 34.4. The van der Waals surface area contributed by atoms with Gasteiger partial charge in [-0.2, -0.15) is 0 Å². The van der Waals surface area contributed by atoms with Crippen molar-refractivity contribution in [1.29, 1.82) is 0 Å². The maximum absolute atomic E-state index is 13.9. The molecule has 5 aliphatic carbocycles. The van der Waals surface area contributed by atoms with Crippen LogP contribution >= 0.6 is 0 Å². The molecule has 7 heteroatoms. The quantitative estimate of drug-likeness (QED) is 0.168. The van der Waals surface area contributed by atoms with Crippen LogP contribution in [0.15, 0.2) is 12.2 Å². The molecule has 6 aliphatic rings. The first-order valence-electron chi connectivity index (χ1n) is 21.1. The molecule has 11 atom stereocenters. The number of carbonyl (C=O) groups is 3.